The average molecular weight is 217 g/mol. The predicted octanol–water partition coefficient (Wildman–Crippen LogP) is 1.73. The first-order valence-corrected chi connectivity index (χ1v) is 5.57. The third-order valence-corrected chi connectivity index (χ3v) is 2.94. The van der Waals surface area contributed by atoms with Crippen LogP contribution in [0.15, 0.2) is 36.0 Å². The fourth-order valence-corrected chi connectivity index (χ4v) is 1.97. The number of amides is 2. The van der Waals surface area contributed by atoms with Crippen molar-refractivity contribution in [2.45, 2.75) is 19.8 Å². The molecule has 2 aliphatic rings. The Balaban J connectivity index is 2.16. The molecule has 0 saturated carbocycles. The molecule has 1 saturated heterocycles. The number of piperidine rings is 1. The minimum atomic E-state index is -0.177. The SMILES string of the molecule is CC1C=CC=C(C2CCC(=O)NC2=O)C=C1. The number of hydrogen-bond acceptors (Lipinski definition) is 2. The van der Waals surface area contributed by atoms with Crippen LogP contribution >= 0.6 is 0 Å². The third kappa shape index (κ3) is 2.30. The Morgan fingerprint density at radius 2 is 2.12 bits per heavy atom. The van der Waals surface area contributed by atoms with E-state index in [2.05, 4.69) is 24.4 Å². The van der Waals surface area contributed by atoms with Gasteiger partial charge in [0.1, 0.15) is 0 Å². The van der Waals surface area contributed by atoms with Crippen molar-refractivity contribution in [1.29, 1.82) is 0 Å². The number of imide groups is 1. The van der Waals surface area contributed by atoms with Crippen molar-refractivity contribution in [2.24, 2.45) is 11.8 Å². The van der Waals surface area contributed by atoms with Crippen molar-refractivity contribution in [3.8, 4) is 0 Å². The molecule has 1 heterocycles. The van der Waals surface area contributed by atoms with Crippen LogP contribution in [-0.2, 0) is 9.59 Å². The molecule has 1 aliphatic heterocycles. The van der Waals surface area contributed by atoms with E-state index in [1.807, 2.05) is 18.2 Å². The summed E-state index contributed by atoms with van der Waals surface area (Å²) in [6.45, 7) is 2.09. The highest BCUT2D eigenvalue weighted by atomic mass is 16.2. The quantitative estimate of drug-likeness (QED) is 0.680. The van der Waals surface area contributed by atoms with E-state index in [1.165, 1.54) is 0 Å². The lowest BCUT2D eigenvalue weighted by atomic mass is 9.89. The van der Waals surface area contributed by atoms with Gasteiger partial charge in [-0.15, -0.1) is 0 Å². The molecule has 2 rings (SSSR count). The summed E-state index contributed by atoms with van der Waals surface area (Å²) >= 11 is 0. The summed E-state index contributed by atoms with van der Waals surface area (Å²) in [7, 11) is 0. The molecule has 2 unspecified atom stereocenters. The normalized spacial score (nSPS) is 29.7. The van der Waals surface area contributed by atoms with Crippen LogP contribution in [0.3, 0.4) is 0 Å². The molecule has 0 aromatic rings. The molecule has 16 heavy (non-hydrogen) atoms. The first-order valence-electron chi connectivity index (χ1n) is 5.57. The minimum Gasteiger partial charge on any atom is -0.296 e. The second kappa shape index (κ2) is 4.47. The highest BCUT2D eigenvalue weighted by molar-refractivity contribution is 6.00. The van der Waals surface area contributed by atoms with E-state index >= 15 is 0 Å². The van der Waals surface area contributed by atoms with Crippen LogP contribution in [0.2, 0.25) is 0 Å². The summed E-state index contributed by atoms with van der Waals surface area (Å²) < 4.78 is 0. The predicted molar refractivity (Wildman–Crippen MR) is 61.4 cm³/mol. The van der Waals surface area contributed by atoms with Crippen molar-refractivity contribution < 1.29 is 9.59 Å². The van der Waals surface area contributed by atoms with Gasteiger partial charge in [-0.25, -0.2) is 0 Å². The lowest BCUT2D eigenvalue weighted by molar-refractivity contribution is -0.135. The Kier molecular flexibility index (Phi) is 3.04. The van der Waals surface area contributed by atoms with Gasteiger partial charge in [0.05, 0.1) is 5.92 Å². The van der Waals surface area contributed by atoms with Gasteiger partial charge >= 0.3 is 0 Å². The number of nitrogens with one attached hydrogen (secondary N) is 1. The summed E-state index contributed by atoms with van der Waals surface area (Å²) in [4.78, 5) is 22.7. The Hall–Kier alpha value is -1.64. The first kappa shape index (κ1) is 10.9. The van der Waals surface area contributed by atoms with Crippen LogP contribution in [0, 0.1) is 11.8 Å². The summed E-state index contributed by atoms with van der Waals surface area (Å²) in [5.41, 5.74) is 0.991. The van der Waals surface area contributed by atoms with Gasteiger partial charge < -0.3 is 0 Å². The van der Waals surface area contributed by atoms with E-state index in [0.29, 0.717) is 18.8 Å². The smallest absolute Gasteiger partial charge is 0.234 e. The summed E-state index contributed by atoms with van der Waals surface area (Å²) in [5.74, 6) is -0.121. The van der Waals surface area contributed by atoms with E-state index in [9.17, 15) is 9.59 Å². The van der Waals surface area contributed by atoms with Gasteiger partial charge in [-0.1, -0.05) is 37.3 Å². The molecule has 0 bridgehead atoms. The highest BCUT2D eigenvalue weighted by Gasteiger charge is 2.28. The van der Waals surface area contributed by atoms with E-state index in [-0.39, 0.29) is 17.7 Å². The van der Waals surface area contributed by atoms with Gasteiger partial charge in [0.2, 0.25) is 11.8 Å². The van der Waals surface area contributed by atoms with Gasteiger partial charge in [-0.3, -0.25) is 14.9 Å². The molecule has 0 aromatic heterocycles. The van der Waals surface area contributed by atoms with Gasteiger partial charge in [0, 0.05) is 6.42 Å². The summed E-state index contributed by atoms with van der Waals surface area (Å²) in [6, 6.07) is 0. The van der Waals surface area contributed by atoms with Crippen molar-refractivity contribution in [3.63, 3.8) is 0 Å². The molecule has 1 aliphatic carbocycles. The van der Waals surface area contributed by atoms with Crippen LogP contribution in [0.4, 0.5) is 0 Å². The van der Waals surface area contributed by atoms with Gasteiger partial charge in [-0.05, 0) is 17.9 Å². The standard InChI is InChI=1S/C13H15NO2/c1-9-3-2-4-10(6-5-9)11-7-8-12(15)14-13(11)16/h2-6,9,11H,7-8H2,1H3,(H,14,15,16). The molecule has 1 N–H and O–H groups in total. The molecule has 1 fully saturated rings. The van der Waals surface area contributed by atoms with Crippen molar-refractivity contribution >= 4 is 11.8 Å². The Bertz CT molecular complexity index is 404. The zero-order chi connectivity index (χ0) is 11.5. The van der Waals surface area contributed by atoms with Crippen LogP contribution < -0.4 is 5.32 Å². The molecule has 2 atom stereocenters. The fourth-order valence-electron chi connectivity index (χ4n) is 1.97. The summed E-state index contributed by atoms with van der Waals surface area (Å²) in [6.07, 6.45) is 11.1. The average Bonchev–Trinajstić information content (AvgIpc) is 2.43. The molecule has 84 valence electrons. The van der Waals surface area contributed by atoms with Gasteiger partial charge in [0.25, 0.3) is 0 Å². The molecule has 0 spiro atoms. The maximum atomic E-state index is 11.7. The first-order chi connectivity index (χ1) is 7.66. The molecule has 3 nitrogen and oxygen atoms in total. The number of hydrogen-bond donors (Lipinski definition) is 1. The summed E-state index contributed by atoms with van der Waals surface area (Å²) in [5, 5.41) is 2.38. The molecule has 3 heteroatoms. The largest absolute Gasteiger partial charge is 0.296 e. The molecule has 0 radical (unpaired) electrons. The monoisotopic (exact) mass is 217 g/mol. The Labute approximate surface area is 94.9 Å². The zero-order valence-corrected chi connectivity index (χ0v) is 9.27. The molecule has 2 amide bonds. The van der Waals surface area contributed by atoms with Crippen LogP contribution in [0.5, 0.6) is 0 Å². The van der Waals surface area contributed by atoms with Crippen molar-refractivity contribution in [2.75, 3.05) is 0 Å². The number of carbonyl (C=O) groups is 2. The lowest BCUT2D eigenvalue weighted by Crippen LogP contribution is -2.41. The van der Waals surface area contributed by atoms with E-state index < -0.39 is 0 Å². The lowest BCUT2D eigenvalue weighted by Gasteiger charge is -2.21. The van der Waals surface area contributed by atoms with Crippen molar-refractivity contribution in [3.05, 3.63) is 36.0 Å². The zero-order valence-electron chi connectivity index (χ0n) is 9.27. The third-order valence-electron chi connectivity index (χ3n) is 2.94. The van der Waals surface area contributed by atoms with Crippen LogP contribution in [0.25, 0.3) is 0 Å². The van der Waals surface area contributed by atoms with E-state index in [0.717, 1.165) is 5.57 Å². The second-order valence-corrected chi connectivity index (χ2v) is 4.27. The molecule has 0 aromatic carbocycles. The Morgan fingerprint density at radius 3 is 2.88 bits per heavy atom. The fraction of sp³-hybridized carbons (Fsp3) is 0.385. The highest BCUT2D eigenvalue weighted by Crippen LogP contribution is 2.24. The molecular weight excluding hydrogens is 202 g/mol. The topological polar surface area (TPSA) is 46.2 Å². The van der Waals surface area contributed by atoms with E-state index in [4.69, 9.17) is 0 Å². The van der Waals surface area contributed by atoms with E-state index in [1.54, 1.807) is 0 Å². The van der Waals surface area contributed by atoms with Crippen LogP contribution in [-0.4, -0.2) is 11.8 Å². The maximum absolute atomic E-state index is 11.7. The number of carbonyl (C=O) groups excluding carboxylic acids is 2. The number of rotatable bonds is 1. The number of allylic oxidation sites excluding steroid dienone is 5. The Morgan fingerprint density at radius 1 is 1.31 bits per heavy atom. The molecular formula is C13H15NO2. The second-order valence-electron chi connectivity index (χ2n) is 4.27. The van der Waals surface area contributed by atoms with Gasteiger partial charge in [0.15, 0.2) is 0 Å². The van der Waals surface area contributed by atoms with Gasteiger partial charge in [-0.2, -0.15) is 0 Å². The minimum absolute atomic E-state index is 0.164. The van der Waals surface area contributed by atoms with Crippen LogP contribution in [0.1, 0.15) is 19.8 Å². The van der Waals surface area contributed by atoms with Crippen molar-refractivity contribution in [1.82, 2.24) is 5.32 Å². The maximum Gasteiger partial charge on any atom is 0.234 e.